The summed E-state index contributed by atoms with van der Waals surface area (Å²) in [5, 5.41) is 5.16. The van der Waals surface area contributed by atoms with Gasteiger partial charge >= 0.3 is 0 Å². The van der Waals surface area contributed by atoms with Crippen LogP contribution in [0.5, 0.6) is 5.75 Å². The van der Waals surface area contributed by atoms with Gasteiger partial charge in [-0.25, -0.2) is 4.39 Å². The Labute approximate surface area is 178 Å². The molecule has 7 heteroatoms. The molecule has 0 bridgehead atoms. The normalized spacial score (nSPS) is 11.4. The Balaban J connectivity index is 1.52. The molecule has 3 aromatic rings. The number of halogens is 1. The highest BCUT2D eigenvalue weighted by molar-refractivity contribution is 8.00. The van der Waals surface area contributed by atoms with E-state index in [4.69, 9.17) is 4.74 Å². The van der Waals surface area contributed by atoms with Crippen LogP contribution in [0.15, 0.2) is 83.8 Å². The Morgan fingerprint density at radius 1 is 0.933 bits per heavy atom. The summed E-state index contributed by atoms with van der Waals surface area (Å²) in [6.07, 6.45) is 0. The fourth-order valence-corrected chi connectivity index (χ4v) is 3.47. The van der Waals surface area contributed by atoms with Crippen molar-refractivity contribution in [2.75, 3.05) is 17.2 Å². The van der Waals surface area contributed by atoms with Crippen LogP contribution >= 0.6 is 11.8 Å². The largest absolute Gasteiger partial charge is 0.484 e. The van der Waals surface area contributed by atoms with E-state index >= 15 is 0 Å². The van der Waals surface area contributed by atoms with Crippen LogP contribution < -0.4 is 15.4 Å². The van der Waals surface area contributed by atoms with E-state index in [0.717, 1.165) is 4.90 Å². The number of carbonyl (C=O) groups excluding carboxylic acids is 2. The third kappa shape index (κ3) is 6.63. The summed E-state index contributed by atoms with van der Waals surface area (Å²) < 4.78 is 18.4. The zero-order valence-corrected chi connectivity index (χ0v) is 17.1. The number of benzene rings is 3. The maximum atomic E-state index is 13.0. The van der Waals surface area contributed by atoms with E-state index in [9.17, 15) is 14.0 Å². The van der Waals surface area contributed by atoms with Gasteiger partial charge in [-0.3, -0.25) is 9.59 Å². The molecular weight excluding hydrogens is 403 g/mol. The molecular formula is C23H21FN2O3S. The molecule has 0 fully saturated rings. The van der Waals surface area contributed by atoms with Gasteiger partial charge in [0.05, 0.1) is 5.25 Å². The molecule has 30 heavy (non-hydrogen) atoms. The van der Waals surface area contributed by atoms with Gasteiger partial charge in [-0.2, -0.15) is 0 Å². The molecule has 0 radical (unpaired) electrons. The lowest BCUT2D eigenvalue weighted by atomic mass is 10.3. The first kappa shape index (κ1) is 21.4. The van der Waals surface area contributed by atoms with E-state index < -0.39 is 0 Å². The maximum Gasteiger partial charge on any atom is 0.262 e. The number of ether oxygens (including phenoxy) is 1. The van der Waals surface area contributed by atoms with Crippen molar-refractivity contribution in [2.24, 2.45) is 0 Å². The van der Waals surface area contributed by atoms with Crippen LogP contribution in [0.1, 0.15) is 6.92 Å². The second-order valence-electron chi connectivity index (χ2n) is 6.43. The molecule has 0 saturated heterocycles. The Bertz CT molecular complexity index is 997. The first-order valence-electron chi connectivity index (χ1n) is 9.30. The van der Waals surface area contributed by atoms with E-state index in [0.29, 0.717) is 17.1 Å². The van der Waals surface area contributed by atoms with Gasteiger partial charge in [0.25, 0.3) is 5.91 Å². The summed E-state index contributed by atoms with van der Waals surface area (Å²) in [7, 11) is 0. The second kappa shape index (κ2) is 10.5. The lowest BCUT2D eigenvalue weighted by molar-refractivity contribution is -0.118. The average molecular weight is 424 g/mol. The molecule has 2 amide bonds. The van der Waals surface area contributed by atoms with Gasteiger partial charge in [-0.05, 0) is 61.5 Å². The molecule has 0 aliphatic carbocycles. The molecule has 0 aliphatic heterocycles. The number of anilines is 2. The summed E-state index contributed by atoms with van der Waals surface area (Å²) in [6, 6.07) is 22.0. The second-order valence-corrected chi connectivity index (χ2v) is 7.85. The average Bonchev–Trinajstić information content (AvgIpc) is 2.75. The standard InChI is InChI=1S/C23H21FN2O3S/c1-16(23(28)26-18-12-10-17(24)11-13-18)30-21-9-5-6-19(14-21)25-22(27)15-29-20-7-3-2-4-8-20/h2-14,16H,15H2,1H3,(H,25,27)(H,26,28). The molecule has 3 aromatic carbocycles. The van der Waals surface area contributed by atoms with Gasteiger partial charge < -0.3 is 15.4 Å². The minimum absolute atomic E-state index is 0.0993. The molecule has 3 rings (SSSR count). The topological polar surface area (TPSA) is 67.4 Å². The van der Waals surface area contributed by atoms with Crippen molar-refractivity contribution in [1.29, 1.82) is 0 Å². The van der Waals surface area contributed by atoms with Crippen molar-refractivity contribution in [1.82, 2.24) is 0 Å². The Morgan fingerprint density at radius 2 is 1.67 bits per heavy atom. The summed E-state index contributed by atoms with van der Waals surface area (Å²) in [6.45, 7) is 1.68. The molecule has 0 aliphatic rings. The molecule has 0 spiro atoms. The van der Waals surface area contributed by atoms with Gasteiger partial charge in [-0.15, -0.1) is 11.8 Å². The van der Waals surface area contributed by atoms with Crippen molar-refractivity contribution in [3.63, 3.8) is 0 Å². The fraction of sp³-hybridized carbons (Fsp3) is 0.130. The number of hydrogen-bond acceptors (Lipinski definition) is 4. The predicted octanol–water partition coefficient (Wildman–Crippen LogP) is 4.96. The van der Waals surface area contributed by atoms with Crippen molar-refractivity contribution in [3.05, 3.63) is 84.7 Å². The zero-order valence-electron chi connectivity index (χ0n) is 16.3. The Kier molecular flexibility index (Phi) is 7.45. The van der Waals surface area contributed by atoms with Crippen molar-refractivity contribution >= 4 is 35.0 Å². The molecule has 0 heterocycles. The molecule has 1 atom stereocenters. The van der Waals surface area contributed by atoms with E-state index in [1.165, 1.54) is 36.0 Å². The molecule has 0 saturated carbocycles. The number of nitrogens with one attached hydrogen (secondary N) is 2. The number of para-hydroxylation sites is 1. The van der Waals surface area contributed by atoms with Crippen LogP contribution in [0.3, 0.4) is 0 Å². The number of carbonyl (C=O) groups is 2. The molecule has 5 nitrogen and oxygen atoms in total. The quantitative estimate of drug-likeness (QED) is 0.502. The summed E-state index contributed by atoms with van der Waals surface area (Å²) in [5.74, 6) is -0.207. The maximum absolute atomic E-state index is 13.0. The molecule has 154 valence electrons. The summed E-state index contributed by atoms with van der Waals surface area (Å²) in [5.41, 5.74) is 1.15. The zero-order chi connectivity index (χ0) is 21.3. The van der Waals surface area contributed by atoms with Gasteiger partial charge in [0, 0.05) is 16.3 Å². The number of amides is 2. The van der Waals surface area contributed by atoms with Gasteiger partial charge in [0.2, 0.25) is 5.91 Å². The van der Waals surface area contributed by atoms with Crippen LogP contribution in [-0.2, 0) is 9.59 Å². The first-order chi connectivity index (χ1) is 14.5. The minimum Gasteiger partial charge on any atom is -0.484 e. The molecule has 2 N–H and O–H groups in total. The molecule has 0 aromatic heterocycles. The van der Waals surface area contributed by atoms with Crippen molar-refractivity contribution in [2.45, 2.75) is 17.1 Å². The van der Waals surface area contributed by atoms with E-state index in [1.807, 2.05) is 24.3 Å². The van der Waals surface area contributed by atoms with Crippen LogP contribution in [0.4, 0.5) is 15.8 Å². The van der Waals surface area contributed by atoms with Crippen LogP contribution in [0.2, 0.25) is 0 Å². The SMILES string of the molecule is CC(Sc1cccc(NC(=O)COc2ccccc2)c1)C(=O)Nc1ccc(F)cc1. The fourth-order valence-electron chi connectivity index (χ4n) is 2.54. The van der Waals surface area contributed by atoms with Gasteiger partial charge in [0.1, 0.15) is 11.6 Å². The Morgan fingerprint density at radius 3 is 2.40 bits per heavy atom. The lowest BCUT2D eigenvalue weighted by Gasteiger charge is -2.13. The van der Waals surface area contributed by atoms with Gasteiger partial charge in [-0.1, -0.05) is 24.3 Å². The van der Waals surface area contributed by atoms with Crippen LogP contribution in [0, 0.1) is 5.82 Å². The number of thioether (sulfide) groups is 1. The molecule has 1 unspecified atom stereocenters. The minimum atomic E-state index is -0.387. The van der Waals surface area contributed by atoms with Crippen LogP contribution in [-0.4, -0.2) is 23.7 Å². The summed E-state index contributed by atoms with van der Waals surface area (Å²) >= 11 is 1.36. The van der Waals surface area contributed by atoms with E-state index in [1.54, 1.807) is 37.3 Å². The van der Waals surface area contributed by atoms with Crippen molar-refractivity contribution < 1.29 is 18.7 Å². The van der Waals surface area contributed by atoms with Gasteiger partial charge in [0.15, 0.2) is 6.61 Å². The van der Waals surface area contributed by atoms with E-state index in [2.05, 4.69) is 10.6 Å². The van der Waals surface area contributed by atoms with E-state index in [-0.39, 0.29) is 29.5 Å². The number of hydrogen-bond donors (Lipinski definition) is 2. The highest BCUT2D eigenvalue weighted by Crippen LogP contribution is 2.26. The lowest BCUT2D eigenvalue weighted by Crippen LogP contribution is -2.22. The number of rotatable bonds is 8. The van der Waals surface area contributed by atoms with Crippen molar-refractivity contribution in [3.8, 4) is 5.75 Å². The smallest absolute Gasteiger partial charge is 0.262 e. The highest BCUT2D eigenvalue weighted by atomic mass is 32.2. The highest BCUT2D eigenvalue weighted by Gasteiger charge is 2.15. The monoisotopic (exact) mass is 424 g/mol. The summed E-state index contributed by atoms with van der Waals surface area (Å²) in [4.78, 5) is 25.3. The third-order valence-corrected chi connectivity index (χ3v) is 5.12. The third-order valence-electron chi connectivity index (χ3n) is 4.02. The van der Waals surface area contributed by atoms with Crippen LogP contribution in [0.25, 0.3) is 0 Å². The first-order valence-corrected chi connectivity index (χ1v) is 10.2. The Hall–Kier alpha value is -3.32. The predicted molar refractivity (Wildman–Crippen MR) is 117 cm³/mol.